The van der Waals surface area contributed by atoms with Crippen molar-refractivity contribution in [3.8, 4) is 0 Å². The van der Waals surface area contributed by atoms with Crippen LogP contribution >= 0.6 is 11.3 Å². The quantitative estimate of drug-likeness (QED) is 0.438. The molecule has 2 atom stereocenters. The first-order valence-corrected chi connectivity index (χ1v) is 10.5. The van der Waals surface area contributed by atoms with Crippen LogP contribution in [0.15, 0.2) is 60.7 Å². The van der Waals surface area contributed by atoms with E-state index in [9.17, 15) is 9.59 Å². The average molecular weight is 409 g/mol. The van der Waals surface area contributed by atoms with Crippen LogP contribution in [0, 0.1) is 0 Å². The molecule has 0 saturated carbocycles. The molecule has 0 unspecified atom stereocenters. The first-order chi connectivity index (χ1) is 14.1. The highest BCUT2D eigenvalue weighted by Gasteiger charge is 2.18. The van der Waals surface area contributed by atoms with Crippen molar-refractivity contribution in [1.82, 2.24) is 10.3 Å². The lowest BCUT2D eigenvalue weighted by Crippen LogP contribution is -2.37. The van der Waals surface area contributed by atoms with Crippen molar-refractivity contribution >= 4 is 39.5 Å². The maximum atomic E-state index is 12.3. The maximum absolute atomic E-state index is 12.3. The molecule has 6 heteroatoms. The average Bonchev–Trinajstić information content (AvgIpc) is 3.16. The van der Waals surface area contributed by atoms with Gasteiger partial charge in [-0.2, -0.15) is 0 Å². The normalized spacial score (nSPS) is 13.3. The predicted octanol–water partition coefficient (Wildman–Crippen LogP) is 4.55. The number of ether oxygens (including phenoxy) is 1. The lowest BCUT2D eigenvalue weighted by Gasteiger charge is -2.18. The molecule has 3 aromatic rings. The molecule has 0 saturated heterocycles. The van der Waals surface area contributed by atoms with Gasteiger partial charge in [-0.1, -0.05) is 49.4 Å². The number of rotatable bonds is 8. The summed E-state index contributed by atoms with van der Waals surface area (Å²) in [6, 6.07) is 17.8. The summed E-state index contributed by atoms with van der Waals surface area (Å²) < 4.78 is 6.27. The van der Waals surface area contributed by atoms with Gasteiger partial charge >= 0.3 is 5.97 Å². The van der Waals surface area contributed by atoms with Crippen molar-refractivity contribution in [3.05, 3.63) is 71.2 Å². The Hall–Kier alpha value is -2.99. The highest BCUT2D eigenvalue weighted by atomic mass is 32.1. The molecular formula is C23H24N2O3S. The monoisotopic (exact) mass is 408 g/mol. The molecular weight excluding hydrogens is 384 g/mol. The van der Waals surface area contributed by atoms with Gasteiger partial charge in [-0.3, -0.25) is 4.79 Å². The molecule has 0 aliphatic rings. The zero-order chi connectivity index (χ0) is 20.6. The van der Waals surface area contributed by atoms with E-state index in [-0.39, 0.29) is 11.8 Å². The van der Waals surface area contributed by atoms with Crippen LogP contribution in [0.25, 0.3) is 16.3 Å². The molecule has 0 aliphatic carbocycles. The molecule has 1 heterocycles. The second-order valence-corrected chi connectivity index (χ2v) is 7.76. The fourth-order valence-electron chi connectivity index (χ4n) is 2.96. The number of aromatic nitrogens is 1. The third kappa shape index (κ3) is 5.74. The number of nitrogens with zero attached hydrogens (tertiary/aromatic N) is 1. The molecule has 0 fully saturated rings. The van der Waals surface area contributed by atoms with E-state index < -0.39 is 12.1 Å². The minimum absolute atomic E-state index is 0.224. The summed E-state index contributed by atoms with van der Waals surface area (Å²) in [6.07, 6.45) is 2.96. The van der Waals surface area contributed by atoms with Crippen LogP contribution in [-0.2, 0) is 14.3 Å². The Morgan fingerprint density at radius 1 is 1.14 bits per heavy atom. The number of benzene rings is 2. The van der Waals surface area contributed by atoms with Crippen LogP contribution in [0.5, 0.6) is 0 Å². The van der Waals surface area contributed by atoms with E-state index in [1.165, 1.54) is 23.0 Å². The van der Waals surface area contributed by atoms with E-state index in [0.29, 0.717) is 11.6 Å². The molecule has 1 aromatic heterocycles. The number of esters is 1. The summed E-state index contributed by atoms with van der Waals surface area (Å²) in [6.45, 7) is 4.16. The standard InChI is InChI=1S/C23H24N2O3S/c1-3-17(18-9-5-4-6-10-18)15-24-23(27)16(2)28-22(26)14-13-21-25-19-11-7-8-12-20(19)29-21/h4-14,16-17H,3,15H2,1-2H3,(H,24,27)/b14-13+/t16-,17-/m1/s1. The van der Waals surface area contributed by atoms with Gasteiger partial charge in [-0.15, -0.1) is 11.3 Å². The minimum Gasteiger partial charge on any atom is -0.449 e. The number of amides is 1. The molecule has 5 nitrogen and oxygen atoms in total. The largest absolute Gasteiger partial charge is 0.449 e. The van der Waals surface area contributed by atoms with Gasteiger partial charge in [-0.25, -0.2) is 9.78 Å². The summed E-state index contributed by atoms with van der Waals surface area (Å²) in [5.41, 5.74) is 2.07. The number of para-hydroxylation sites is 1. The molecule has 1 N–H and O–H groups in total. The van der Waals surface area contributed by atoms with Crippen molar-refractivity contribution in [2.24, 2.45) is 0 Å². The van der Waals surface area contributed by atoms with Gasteiger partial charge < -0.3 is 10.1 Å². The van der Waals surface area contributed by atoms with Crippen LogP contribution in [-0.4, -0.2) is 29.5 Å². The Balaban J connectivity index is 1.50. The number of thiazole rings is 1. The van der Waals surface area contributed by atoms with Crippen molar-refractivity contribution in [3.63, 3.8) is 0 Å². The second kappa shape index (κ2) is 9.98. The van der Waals surface area contributed by atoms with Crippen molar-refractivity contribution < 1.29 is 14.3 Å². The fraction of sp³-hybridized carbons (Fsp3) is 0.261. The number of hydrogen-bond donors (Lipinski definition) is 1. The lowest BCUT2D eigenvalue weighted by molar-refractivity contribution is -0.150. The predicted molar refractivity (Wildman–Crippen MR) is 117 cm³/mol. The highest BCUT2D eigenvalue weighted by molar-refractivity contribution is 7.19. The van der Waals surface area contributed by atoms with E-state index in [2.05, 4.69) is 29.4 Å². The first kappa shape index (κ1) is 20.7. The van der Waals surface area contributed by atoms with Crippen LogP contribution in [0.2, 0.25) is 0 Å². The number of fused-ring (bicyclic) bond motifs is 1. The Labute approximate surface area is 174 Å². The van der Waals surface area contributed by atoms with Gasteiger partial charge in [0.15, 0.2) is 6.10 Å². The molecule has 1 amide bonds. The van der Waals surface area contributed by atoms with E-state index in [4.69, 9.17) is 4.74 Å². The van der Waals surface area contributed by atoms with Gasteiger partial charge in [0.05, 0.1) is 10.2 Å². The summed E-state index contributed by atoms with van der Waals surface area (Å²) >= 11 is 1.49. The number of hydrogen-bond acceptors (Lipinski definition) is 5. The molecule has 0 radical (unpaired) electrons. The number of carbonyl (C=O) groups excluding carboxylic acids is 2. The smallest absolute Gasteiger partial charge is 0.331 e. The summed E-state index contributed by atoms with van der Waals surface area (Å²) in [7, 11) is 0. The van der Waals surface area contributed by atoms with Crippen LogP contribution in [0.1, 0.15) is 36.8 Å². The third-order valence-electron chi connectivity index (χ3n) is 4.62. The number of carbonyl (C=O) groups is 2. The highest BCUT2D eigenvalue weighted by Crippen LogP contribution is 2.22. The SMILES string of the molecule is CC[C@H](CNC(=O)[C@@H](C)OC(=O)/C=C/c1nc2ccccc2s1)c1ccccc1. The third-order valence-corrected chi connectivity index (χ3v) is 5.62. The Kier molecular flexibility index (Phi) is 7.14. The first-order valence-electron chi connectivity index (χ1n) is 9.63. The lowest BCUT2D eigenvalue weighted by atomic mass is 9.96. The van der Waals surface area contributed by atoms with Crippen molar-refractivity contribution in [1.29, 1.82) is 0 Å². The van der Waals surface area contributed by atoms with E-state index in [1.54, 1.807) is 13.0 Å². The Morgan fingerprint density at radius 2 is 1.86 bits per heavy atom. The number of nitrogens with one attached hydrogen (secondary N) is 1. The summed E-state index contributed by atoms with van der Waals surface area (Å²) in [5, 5.41) is 3.59. The fourth-order valence-corrected chi connectivity index (χ4v) is 3.83. The second-order valence-electron chi connectivity index (χ2n) is 6.69. The molecule has 0 spiro atoms. The zero-order valence-corrected chi connectivity index (χ0v) is 17.3. The van der Waals surface area contributed by atoms with Crippen LogP contribution in [0.4, 0.5) is 0 Å². The molecule has 0 bridgehead atoms. The van der Waals surface area contributed by atoms with E-state index >= 15 is 0 Å². The molecule has 2 aromatic carbocycles. The Morgan fingerprint density at radius 3 is 2.59 bits per heavy atom. The molecule has 3 rings (SSSR count). The van der Waals surface area contributed by atoms with Crippen molar-refractivity contribution in [2.75, 3.05) is 6.54 Å². The van der Waals surface area contributed by atoms with E-state index in [0.717, 1.165) is 16.6 Å². The van der Waals surface area contributed by atoms with Crippen LogP contribution in [0.3, 0.4) is 0 Å². The maximum Gasteiger partial charge on any atom is 0.331 e. The molecule has 29 heavy (non-hydrogen) atoms. The topological polar surface area (TPSA) is 68.3 Å². The minimum atomic E-state index is -0.865. The molecule has 150 valence electrons. The van der Waals surface area contributed by atoms with Gasteiger partial charge in [0, 0.05) is 18.5 Å². The molecule has 0 aliphatic heterocycles. The zero-order valence-electron chi connectivity index (χ0n) is 16.5. The van der Waals surface area contributed by atoms with Gasteiger partial charge in [0.25, 0.3) is 5.91 Å². The summed E-state index contributed by atoms with van der Waals surface area (Å²) in [5.74, 6) is -0.648. The van der Waals surface area contributed by atoms with Gasteiger partial charge in [-0.05, 0) is 37.1 Å². The van der Waals surface area contributed by atoms with Crippen molar-refractivity contribution in [2.45, 2.75) is 32.3 Å². The van der Waals surface area contributed by atoms with Gasteiger partial charge in [0.1, 0.15) is 5.01 Å². The van der Waals surface area contributed by atoms with Gasteiger partial charge in [0.2, 0.25) is 0 Å². The van der Waals surface area contributed by atoms with E-state index in [1.807, 2.05) is 42.5 Å². The van der Waals surface area contributed by atoms with Crippen LogP contribution < -0.4 is 5.32 Å². The summed E-state index contributed by atoms with van der Waals surface area (Å²) in [4.78, 5) is 28.8. The Bertz CT molecular complexity index is 965.